The third-order valence-corrected chi connectivity index (χ3v) is 5.93. The SMILES string of the molecule is Cc1c(Cc2ccc(C(=O)O)cc2F)c2ccccc2n1CC1CCNCC1. The number of carbonyl (C=O) groups is 1. The van der Waals surface area contributed by atoms with Gasteiger partial charge in [-0.3, -0.25) is 0 Å². The summed E-state index contributed by atoms with van der Waals surface area (Å²) >= 11 is 0. The molecule has 1 saturated heterocycles. The Kier molecular flexibility index (Phi) is 5.18. The summed E-state index contributed by atoms with van der Waals surface area (Å²) in [6.45, 7) is 5.22. The first-order valence-corrected chi connectivity index (χ1v) is 9.83. The van der Waals surface area contributed by atoms with Crippen LogP contribution in [-0.4, -0.2) is 28.7 Å². The van der Waals surface area contributed by atoms with Gasteiger partial charge < -0.3 is 15.0 Å². The second-order valence-corrected chi connectivity index (χ2v) is 7.67. The van der Waals surface area contributed by atoms with E-state index in [1.54, 1.807) is 6.07 Å². The largest absolute Gasteiger partial charge is 0.478 e. The van der Waals surface area contributed by atoms with Crippen molar-refractivity contribution in [1.29, 1.82) is 0 Å². The van der Waals surface area contributed by atoms with Crippen LogP contribution < -0.4 is 5.32 Å². The van der Waals surface area contributed by atoms with Crippen LogP contribution in [0.1, 0.15) is 40.0 Å². The Morgan fingerprint density at radius 1 is 1.21 bits per heavy atom. The predicted octanol–water partition coefficient (Wildman–Crippen LogP) is 4.38. The monoisotopic (exact) mass is 380 g/mol. The third kappa shape index (κ3) is 3.54. The highest BCUT2D eigenvalue weighted by molar-refractivity contribution is 5.88. The van der Waals surface area contributed by atoms with E-state index in [4.69, 9.17) is 5.11 Å². The standard InChI is InChI=1S/C23H25FN2O2/c1-15-20(12-17-6-7-18(23(27)28)13-21(17)24)19-4-2-3-5-22(19)26(15)14-16-8-10-25-11-9-16/h2-7,13,16,25H,8-12,14H2,1H3,(H,27,28). The first kappa shape index (κ1) is 18.7. The maximum atomic E-state index is 14.5. The van der Waals surface area contributed by atoms with E-state index in [1.165, 1.54) is 30.1 Å². The zero-order valence-electron chi connectivity index (χ0n) is 16.0. The number of hydrogen-bond donors (Lipinski definition) is 2. The molecule has 0 spiro atoms. The van der Waals surface area contributed by atoms with E-state index < -0.39 is 11.8 Å². The average Bonchev–Trinajstić information content (AvgIpc) is 2.96. The van der Waals surface area contributed by atoms with Crippen molar-refractivity contribution in [3.05, 3.63) is 70.7 Å². The number of aromatic nitrogens is 1. The van der Waals surface area contributed by atoms with Crippen LogP contribution >= 0.6 is 0 Å². The fraction of sp³-hybridized carbons (Fsp3) is 0.348. The van der Waals surface area contributed by atoms with E-state index in [0.29, 0.717) is 17.9 Å². The van der Waals surface area contributed by atoms with Crippen molar-refractivity contribution >= 4 is 16.9 Å². The molecule has 28 heavy (non-hydrogen) atoms. The smallest absolute Gasteiger partial charge is 0.335 e. The molecule has 0 aliphatic carbocycles. The van der Waals surface area contributed by atoms with E-state index in [9.17, 15) is 9.18 Å². The molecule has 2 aromatic carbocycles. The molecule has 0 bridgehead atoms. The summed E-state index contributed by atoms with van der Waals surface area (Å²) in [5, 5.41) is 13.6. The molecule has 1 aromatic heterocycles. The lowest BCUT2D eigenvalue weighted by Gasteiger charge is -2.24. The highest BCUT2D eigenvalue weighted by Crippen LogP contribution is 2.30. The van der Waals surface area contributed by atoms with Gasteiger partial charge >= 0.3 is 5.97 Å². The van der Waals surface area contributed by atoms with Crippen molar-refractivity contribution in [2.24, 2.45) is 5.92 Å². The first-order valence-electron chi connectivity index (χ1n) is 9.83. The van der Waals surface area contributed by atoms with Gasteiger partial charge in [0.2, 0.25) is 0 Å². The summed E-state index contributed by atoms with van der Waals surface area (Å²) in [7, 11) is 0. The summed E-state index contributed by atoms with van der Waals surface area (Å²) in [6, 6.07) is 12.5. The molecular formula is C23H25FN2O2. The second kappa shape index (κ2) is 7.76. The van der Waals surface area contributed by atoms with E-state index in [-0.39, 0.29) is 5.56 Å². The highest BCUT2D eigenvalue weighted by atomic mass is 19.1. The van der Waals surface area contributed by atoms with Crippen molar-refractivity contribution in [2.45, 2.75) is 32.7 Å². The van der Waals surface area contributed by atoms with Crippen LogP contribution in [0.3, 0.4) is 0 Å². The van der Waals surface area contributed by atoms with Gasteiger partial charge in [-0.05, 0) is 68.1 Å². The molecule has 3 aromatic rings. The number of benzene rings is 2. The minimum atomic E-state index is -1.11. The van der Waals surface area contributed by atoms with Gasteiger partial charge in [-0.15, -0.1) is 0 Å². The van der Waals surface area contributed by atoms with Gasteiger partial charge in [0, 0.05) is 29.6 Å². The van der Waals surface area contributed by atoms with Crippen LogP contribution in [0.25, 0.3) is 10.9 Å². The van der Waals surface area contributed by atoms with E-state index >= 15 is 0 Å². The second-order valence-electron chi connectivity index (χ2n) is 7.67. The van der Waals surface area contributed by atoms with Crippen LogP contribution in [0.4, 0.5) is 4.39 Å². The number of fused-ring (bicyclic) bond motifs is 1. The van der Waals surface area contributed by atoms with Crippen molar-refractivity contribution in [3.8, 4) is 0 Å². The summed E-state index contributed by atoms with van der Waals surface area (Å²) in [5.41, 5.74) is 3.98. The lowest BCUT2D eigenvalue weighted by molar-refractivity contribution is 0.0696. The Morgan fingerprint density at radius 2 is 1.96 bits per heavy atom. The van der Waals surface area contributed by atoms with Crippen LogP contribution in [-0.2, 0) is 13.0 Å². The Hall–Kier alpha value is -2.66. The number of hydrogen-bond acceptors (Lipinski definition) is 2. The zero-order valence-corrected chi connectivity index (χ0v) is 16.0. The van der Waals surface area contributed by atoms with Gasteiger partial charge in [-0.25, -0.2) is 9.18 Å². The van der Waals surface area contributed by atoms with Gasteiger partial charge in [-0.2, -0.15) is 0 Å². The number of aromatic carboxylic acids is 1. The summed E-state index contributed by atoms with van der Waals surface area (Å²) < 4.78 is 16.9. The van der Waals surface area contributed by atoms with Crippen molar-refractivity contribution in [1.82, 2.24) is 9.88 Å². The van der Waals surface area contributed by atoms with Crippen LogP contribution in [0.2, 0.25) is 0 Å². The molecule has 0 radical (unpaired) electrons. The molecule has 5 heteroatoms. The quantitative estimate of drug-likeness (QED) is 0.691. The molecule has 0 saturated carbocycles. The average molecular weight is 380 g/mol. The van der Waals surface area contributed by atoms with Gasteiger partial charge in [0.15, 0.2) is 0 Å². The number of carboxylic acids is 1. The van der Waals surface area contributed by atoms with Crippen molar-refractivity contribution in [2.75, 3.05) is 13.1 Å². The molecule has 0 amide bonds. The molecule has 2 heterocycles. The topological polar surface area (TPSA) is 54.3 Å². The number of rotatable bonds is 5. The molecule has 1 aliphatic rings. The fourth-order valence-electron chi connectivity index (χ4n) is 4.30. The number of nitrogens with one attached hydrogen (secondary N) is 1. The van der Waals surface area contributed by atoms with E-state index in [2.05, 4.69) is 28.9 Å². The fourth-order valence-corrected chi connectivity index (χ4v) is 4.30. The number of carboxylic acid groups (broad SMARTS) is 1. The molecule has 2 N–H and O–H groups in total. The zero-order chi connectivity index (χ0) is 19.7. The third-order valence-electron chi connectivity index (χ3n) is 5.93. The first-order chi connectivity index (χ1) is 13.5. The molecular weight excluding hydrogens is 355 g/mol. The Labute approximate surface area is 164 Å². The van der Waals surface area contributed by atoms with Gasteiger partial charge in [0.05, 0.1) is 5.56 Å². The lowest BCUT2D eigenvalue weighted by atomic mass is 9.98. The Balaban J connectivity index is 1.71. The van der Waals surface area contributed by atoms with Crippen LogP contribution in [0, 0.1) is 18.7 Å². The number of halogens is 1. The molecule has 4 rings (SSSR count). The molecule has 0 atom stereocenters. The predicted molar refractivity (Wildman–Crippen MR) is 108 cm³/mol. The van der Waals surface area contributed by atoms with Crippen molar-refractivity contribution in [3.63, 3.8) is 0 Å². The van der Waals surface area contributed by atoms with Gasteiger partial charge in [-0.1, -0.05) is 24.3 Å². The molecule has 146 valence electrons. The molecule has 1 fully saturated rings. The summed E-state index contributed by atoms with van der Waals surface area (Å²) in [5.74, 6) is -0.926. The lowest BCUT2D eigenvalue weighted by Crippen LogP contribution is -2.30. The van der Waals surface area contributed by atoms with E-state index in [1.807, 2.05) is 12.1 Å². The minimum Gasteiger partial charge on any atom is -0.478 e. The minimum absolute atomic E-state index is 0.0219. The Bertz CT molecular complexity index is 1020. The van der Waals surface area contributed by atoms with Gasteiger partial charge in [0.1, 0.15) is 5.82 Å². The number of para-hydroxylation sites is 1. The number of piperidine rings is 1. The number of nitrogens with zero attached hydrogens (tertiary/aromatic N) is 1. The maximum Gasteiger partial charge on any atom is 0.335 e. The van der Waals surface area contributed by atoms with Crippen molar-refractivity contribution < 1.29 is 14.3 Å². The summed E-state index contributed by atoms with van der Waals surface area (Å²) in [6.07, 6.45) is 2.80. The molecule has 1 aliphatic heterocycles. The van der Waals surface area contributed by atoms with Gasteiger partial charge in [0.25, 0.3) is 0 Å². The summed E-state index contributed by atoms with van der Waals surface area (Å²) in [4.78, 5) is 11.1. The molecule has 0 unspecified atom stereocenters. The molecule has 4 nitrogen and oxygen atoms in total. The van der Waals surface area contributed by atoms with Crippen LogP contribution in [0.15, 0.2) is 42.5 Å². The van der Waals surface area contributed by atoms with Crippen LogP contribution in [0.5, 0.6) is 0 Å². The maximum absolute atomic E-state index is 14.5. The highest BCUT2D eigenvalue weighted by Gasteiger charge is 2.20. The Morgan fingerprint density at radius 3 is 2.68 bits per heavy atom. The normalized spacial score (nSPS) is 15.2. The van der Waals surface area contributed by atoms with E-state index in [0.717, 1.165) is 36.7 Å².